The largest absolute Gasteiger partial charge is 0.391 e. The lowest BCUT2D eigenvalue weighted by Crippen LogP contribution is -2.52. The molecule has 1 atom stereocenters. The van der Waals surface area contributed by atoms with Gasteiger partial charge in [-0.3, -0.25) is 9.58 Å². The van der Waals surface area contributed by atoms with Crippen molar-refractivity contribution >= 4 is 11.6 Å². The normalized spacial score (nSPS) is 19.1. The minimum Gasteiger partial charge on any atom is -0.391 e. The lowest BCUT2D eigenvalue weighted by atomic mass is 9.90. The first kappa shape index (κ1) is 14.8. The van der Waals surface area contributed by atoms with Gasteiger partial charge in [-0.05, 0) is 46.7 Å². The highest BCUT2D eigenvalue weighted by Gasteiger charge is 2.36. The van der Waals surface area contributed by atoms with Crippen LogP contribution in [0.1, 0.15) is 37.9 Å². The highest BCUT2D eigenvalue weighted by molar-refractivity contribution is 6.30. The maximum absolute atomic E-state index is 10.6. The fourth-order valence-corrected chi connectivity index (χ4v) is 3.10. The fourth-order valence-electron chi connectivity index (χ4n) is 2.85. The zero-order valence-electron chi connectivity index (χ0n) is 12.3. The van der Waals surface area contributed by atoms with Crippen LogP contribution >= 0.6 is 11.6 Å². The van der Waals surface area contributed by atoms with E-state index in [1.807, 2.05) is 14.0 Å². The number of hydrogen-bond donors (Lipinski definition) is 1. The van der Waals surface area contributed by atoms with Gasteiger partial charge in [-0.2, -0.15) is 5.10 Å². The number of aliphatic hydroxyl groups is 1. The van der Waals surface area contributed by atoms with Gasteiger partial charge in [-0.25, -0.2) is 0 Å². The van der Waals surface area contributed by atoms with Crippen LogP contribution in [0.15, 0.2) is 0 Å². The molecular weight excluding hydrogens is 262 g/mol. The SMILES string of the molecule is Cc1nn(C)c(Cl)c1CC(O)C(C)(C)N1CCCC1. The summed E-state index contributed by atoms with van der Waals surface area (Å²) >= 11 is 6.24. The standard InChI is InChI=1S/C14H24ClN3O/c1-10-11(13(15)17(4)16-10)9-12(19)14(2,3)18-7-5-6-8-18/h12,19H,5-9H2,1-4H3. The smallest absolute Gasteiger partial charge is 0.130 e. The molecule has 1 saturated heterocycles. The highest BCUT2D eigenvalue weighted by Crippen LogP contribution is 2.28. The van der Waals surface area contributed by atoms with E-state index in [9.17, 15) is 5.11 Å². The molecule has 1 aliphatic rings. The van der Waals surface area contributed by atoms with Crippen molar-refractivity contribution < 1.29 is 5.11 Å². The Kier molecular flexibility index (Phi) is 4.23. The number of aliphatic hydroxyl groups excluding tert-OH is 1. The second-order valence-corrected chi connectivity index (χ2v) is 6.40. The van der Waals surface area contributed by atoms with E-state index in [-0.39, 0.29) is 5.54 Å². The van der Waals surface area contributed by atoms with Gasteiger partial charge in [-0.15, -0.1) is 0 Å². The summed E-state index contributed by atoms with van der Waals surface area (Å²) in [5.41, 5.74) is 1.65. The molecule has 1 fully saturated rings. The van der Waals surface area contributed by atoms with Crippen molar-refractivity contribution in [3.05, 3.63) is 16.4 Å². The minimum atomic E-state index is -0.439. The third kappa shape index (κ3) is 2.81. The molecule has 5 heteroatoms. The second-order valence-electron chi connectivity index (χ2n) is 6.05. The Morgan fingerprint density at radius 2 is 1.95 bits per heavy atom. The molecule has 0 saturated carbocycles. The molecule has 0 amide bonds. The van der Waals surface area contributed by atoms with Crippen LogP contribution in [0, 0.1) is 6.92 Å². The monoisotopic (exact) mass is 285 g/mol. The molecule has 0 bridgehead atoms. The molecule has 4 nitrogen and oxygen atoms in total. The molecular formula is C14H24ClN3O. The Hall–Kier alpha value is -0.580. The van der Waals surface area contributed by atoms with E-state index >= 15 is 0 Å². The third-order valence-corrected chi connectivity index (χ3v) is 4.88. The molecule has 2 heterocycles. The van der Waals surface area contributed by atoms with Gasteiger partial charge >= 0.3 is 0 Å². The van der Waals surface area contributed by atoms with E-state index in [1.54, 1.807) is 4.68 Å². The van der Waals surface area contributed by atoms with Crippen LogP contribution in [0.25, 0.3) is 0 Å². The number of halogens is 1. The van der Waals surface area contributed by atoms with E-state index in [1.165, 1.54) is 12.8 Å². The maximum atomic E-state index is 10.6. The number of likely N-dealkylation sites (tertiary alicyclic amines) is 1. The van der Waals surface area contributed by atoms with Crippen LogP contribution in [-0.4, -0.2) is 44.5 Å². The predicted molar refractivity (Wildman–Crippen MR) is 77.6 cm³/mol. The first-order chi connectivity index (χ1) is 8.84. The summed E-state index contributed by atoms with van der Waals surface area (Å²) in [4.78, 5) is 2.37. The molecule has 1 N–H and O–H groups in total. The van der Waals surface area contributed by atoms with E-state index in [4.69, 9.17) is 11.6 Å². The number of rotatable bonds is 4. The zero-order valence-corrected chi connectivity index (χ0v) is 13.0. The molecule has 108 valence electrons. The van der Waals surface area contributed by atoms with E-state index in [2.05, 4.69) is 23.8 Å². The Bertz CT molecular complexity index is 450. The average Bonchev–Trinajstić information content (AvgIpc) is 2.94. The van der Waals surface area contributed by atoms with Crippen molar-refractivity contribution in [1.82, 2.24) is 14.7 Å². The summed E-state index contributed by atoms with van der Waals surface area (Å²) in [7, 11) is 1.83. The summed E-state index contributed by atoms with van der Waals surface area (Å²) in [5.74, 6) is 0. The van der Waals surface area contributed by atoms with Crippen LogP contribution in [0.3, 0.4) is 0 Å². The van der Waals surface area contributed by atoms with Gasteiger partial charge in [0.2, 0.25) is 0 Å². The maximum Gasteiger partial charge on any atom is 0.130 e. The first-order valence-electron chi connectivity index (χ1n) is 6.95. The summed E-state index contributed by atoms with van der Waals surface area (Å²) in [5, 5.41) is 15.5. The van der Waals surface area contributed by atoms with Crippen LogP contribution in [0.2, 0.25) is 5.15 Å². The Labute approximate surface area is 120 Å². The van der Waals surface area contributed by atoms with Crippen molar-refractivity contribution in [2.24, 2.45) is 7.05 Å². The molecule has 0 radical (unpaired) electrons. The van der Waals surface area contributed by atoms with E-state index in [0.717, 1.165) is 24.3 Å². The molecule has 1 aliphatic heterocycles. The van der Waals surface area contributed by atoms with Crippen molar-refractivity contribution in [3.63, 3.8) is 0 Å². The van der Waals surface area contributed by atoms with Gasteiger partial charge in [-0.1, -0.05) is 11.6 Å². The van der Waals surface area contributed by atoms with Gasteiger partial charge in [0, 0.05) is 24.6 Å². The number of aromatic nitrogens is 2. The second kappa shape index (κ2) is 5.43. The molecule has 0 spiro atoms. The van der Waals surface area contributed by atoms with Gasteiger partial charge in [0.15, 0.2) is 0 Å². The third-order valence-electron chi connectivity index (χ3n) is 4.40. The summed E-state index contributed by atoms with van der Waals surface area (Å²) < 4.78 is 1.67. The fraction of sp³-hybridized carbons (Fsp3) is 0.786. The Morgan fingerprint density at radius 1 is 1.37 bits per heavy atom. The van der Waals surface area contributed by atoms with Crippen molar-refractivity contribution in [3.8, 4) is 0 Å². The van der Waals surface area contributed by atoms with Crippen molar-refractivity contribution in [2.75, 3.05) is 13.1 Å². The van der Waals surface area contributed by atoms with Crippen molar-refractivity contribution in [2.45, 2.75) is 51.7 Å². The lowest BCUT2D eigenvalue weighted by molar-refractivity contribution is 0.00330. The lowest BCUT2D eigenvalue weighted by Gasteiger charge is -2.39. The summed E-state index contributed by atoms with van der Waals surface area (Å²) in [6, 6.07) is 0. The summed E-state index contributed by atoms with van der Waals surface area (Å²) in [6.45, 7) is 8.32. The molecule has 1 aromatic heterocycles. The zero-order chi connectivity index (χ0) is 14.2. The van der Waals surface area contributed by atoms with Gasteiger partial charge in [0.25, 0.3) is 0 Å². The Balaban J connectivity index is 2.13. The molecule has 0 aliphatic carbocycles. The number of nitrogens with zero attached hydrogens (tertiary/aromatic N) is 3. The summed E-state index contributed by atoms with van der Waals surface area (Å²) in [6.07, 6.45) is 2.57. The minimum absolute atomic E-state index is 0.220. The van der Waals surface area contributed by atoms with Crippen LogP contribution in [-0.2, 0) is 13.5 Å². The van der Waals surface area contributed by atoms with E-state index in [0.29, 0.717) is 11.6 Å². The topological polar surface area (TPSA) is 41.3 Å². The van der Waals surface area contributed by atoms with E-state index < -0.39 is 6.10 Å². The van der Waals surface area contributed by atoms with Crippen molar-refractivity contribution in [1.29, 1.82) is 0 Å². The first-order valence-corrected chi connectivity index (χ1v) is 7.33. The Morgan fingerprint density at radius 3 is 2.42 bits per heavy atom. The average molecular weight is 286 g/mol. The number of hydrogen-bond acceptors (Lipinski definition) is 3. The van der Waals surface area contributed by atoms with Gasteiger partial charge < -0.3 is 5.11 Å². The molecule has 1 unspecified atom stereocenters. The van der Waals surface area contributed by atoms with Crippen LogP contribution in [0.5, 0.6) is 0 Å². The van der Waals surface area contributed by atoms with Crippen LogP contribution < -0.4 is 0 Å². The number of aryl methyl sites for hydroxylation is 2. The molecule has 0 aromatic carbocycles. The molecule has 19 heavy (non-hydrogen) atoms. The van der Waals surface area contributed by atoms with Gasteiger partial charge in [0.05, 0.1) is 11.8 Å². The highest BCUT2D eigenvalue weighted by atomic mass is 35.5. The molecule has 2 rings (SSSR count). The van der Waals surface area contributed by atoms with Gasteiger partial charge in [0.1, 0.15) is 5.15 Å². The van der Waals surface area contributed by atoms with Crippen LogP contribution in [0.4, 0.5) is 0 Å². The quantitative estimate of drug-likeness (QED) is 0.922. The predicted octanol–water partition coefficient (Wildman–Crippen LogP) is 2.16. The molecule has 1 aromatic rings.